The molecule has 2 rings (SSSR count). The van der Waals surface area contributed by atoms with Gasteiger partial charge in [-0.1, -0.05) is 0 Å². The van der Waals surface area contributed by atoms with Crippen molar-refractivity contribution in [2.24, 2.45) is 12.8 Å². The smallest absolute Gasteiger partial charge is 0.0591 e. The number of thiophene rings is 1. The summed E-state index contributed by atoms with van der Waals surface area (Å²) in [6.07, 6.45) is 3.75. The molecular formula is C9H11N3S. The van der Waals surface area contributed by atoms with Crippen LogP contribution in [0.25, 0.3) is 0 Å². The fourth-order valence-corrected chi connectivity index (χ4v) is 1.94. The molecule has 0 bridgehead atoms. The van der Waals surface area contributed by atoms with Gasteiger partial charge in [0.2, 0.25) is 0 Å². The van der Waals surface area contributed by atoms with Crippen LogP contribution in [0.1, 0.15) is 17.2 Å². The first-order valence-corrected chi connectivity index (χ1v) is 4.98. The van der Waals surface area contributed by atoms with E-state index in [1.165, 1.54) is 0 Å². The van der Waals surface area contributed by atoms with Crippen molar-refractivity contribution >= 4 is 11.3 Å². The number of hydrogen-bond donors (Lipinski definition) is 1. The largest absolute Gasteiger partial charge is 0.320 e. The average Bonchev–Trinajstić information content (AvgIpc) is 2.72. The normalized spacial score (nSPS) is 13.1. The maximum Gasteiger partial charge on any atom is 0.0591 e. The fraction of sp³-hybridized carbons (Fsp3) is 0.222. The van der Waals surface area contributed by atoms with Gasteiger partial charge in [-0.2, -0.15) is 16.4 Å². The molecule has 2 N–H and O–H groups in total. The highest BCUT2D eigenvalue weighted by molar-refractivity contribution is 7.07. The van der Waals surface area contributed by atoms with Crippen molar-refractivity contribution < 1.29 is 0 Å². The summed E-state index contributed by atoms with van der Waals surface area (Å²) in [5, 5.41) is 8.19. The Hall–Kier alpha value is -1.13. The van der Waals surface area contributed by atoms with Crippen molar-refractivity contribution in [2.45, 2.75) is 6.04 Å². The number of nitrogens with two attached hydrogens (primary N) is 1. The van der Waals surface area contributed by atoms with Gasteiger partial charge in [-0.05, 0) is 22.4 Å². The molecule has 0 aliphatic rings. The molecule has 13 heavy (non-hydrogen) atoms. The molecule has 2 aromatic heterocycles. The van der Waals surface area contributed by atoms with Gasteiger partial charge in [0.15, 0.2) is 0 Å². The maximum atomic E-state index is 6.03. The summed E-state index contributed by atoms with van der Waals surface area (Å²) >= 11 is 1.66. The van der Waals surface area contributed by atoms with E-state index in [9.17, 15) is 0 Å². The van der Waals surface area contributed by atoms with Crippen LogP contribution < -0.4 is 5.73 Å². The summed E-state index contributed by atoms with van der Waals surface area (Å²) < 4.78 is 1.77. The highest BCUT2D eigenvalue weighted by Crippen LogP contribution is 2.20. The summed E-state index contributed by atoms with van der Waals surface area (Å²) in [7, 11) is 1.89. The molecule has 0 saturated carbocycles. The molecule has 1 atom stereocenters. The third-order valence-electron chi connectivity index (χ3n) is 1.99. The second kappa shape index (κ2) is 3.32. The minimum Gasteiger partial charge on any atom is -0.320 e. The van der Waals surface area contributed by atoms with Gasteiger partial charge in [0, 0.05) is 18.8 Å². The molecule has 2 heterocycles. The Morgan fingerprint density at radius 2 is 2.38 bits per heavy atom. The lowest BCUT2D eigenvalue weighted by molar-refractivity contribution is 0.765. The Morgan fingerprint density at radius 3 is 2.92 bits per heavy atom. The number of rotatable bonds is 2. The molecule has 0 saturated heterocycles. The van der Waals surface area contributed by atoms with E-state index in [2.05, 4.69) is 10.5 Å². The third kappa shape index (κ3) is 1.64. The van der Waals surface area contributed by atoms with Gasteiger partial charge in [0.05, 0.1) is 12.2 Å². The van der Waals surface area contributed by atoms with E-state index in [0.717, 1.165) is 11.1 Å². The van der Waals surface area contributed by atoms with Gasteiger partial charge in [-0.25, -0.2) is 0 Å². The molecule has 68 valence electrons. The first-order chi connectivity index (χ1) is 6.27. The van der Waals surface area contributed by atoms with Crippen LogP contribution in [0.2, 0.25) is 0 Å². The van der Waals surface area contributed by atoms with E-state index in [1.807, 2.05) is 30.9 Å². The van der Waals surface area contributed by atoms with Crippen molar-refractivity contribution in [3.63, 3.8) is 0 Å². The molecule has 0 aliphatic heterocycles. The Bertz CT molecular complexity index is 377. The maximum absolute atomic E-state index is 6.03. The SMILES string of the molecule is Cn1cc(C(N)c2ccsc2)cn1. The lowest BCUT2D eigenvalue weighted by atomic mass is 10.1. The van der Waals surface area contributed by atoms with Crippen LogP contribution in [0.3, 0.4) is 0 Å². The number of nitrogens with zero attached hydrogens (tertiary/aromatic N) is 2. The third-order valence-corrected chi connectivity index (χ3v) is 2.69. The van der Waals surface area contributed by atoms with Crippen molar-refractivity contribution in [1.29, 1.82) is 0 Å². The van der Waals surface area contributed by atoms with Crippen LogP contribution in [-0.2, 0) is 7.05 Å². The lowest BCUT2D eigenvalue weighted by Crippen LogP contribution is -2.09. The minimum absolute atomic E-state index is 0.0417. The molecule has 0 aromatic carbocycles. The molecule has 0 radical (unpaired) electrons. The van der Waals surface area contributed by atoms with Gasteiger partial charge in [-0.15, -0.1) is 0 Å². The van der Waals surface area contributed by atoms with Crippen molar-refractivity contribution in [2.75, 3.05) is 0 Å². The van der Waals surface area contributed by atoms with Crippen LogP contribution in [0.5, 0.6) is 0 Å². The van der Waals surface area contributed by atoms with E-state index in [0.29, 0.717) is 0 Å². The van der Waals surface area contributed by atoms with Crippen molar-refractivity contribution in [1.82, 2.24) is 9.78 Å². The quantitative estimate of drug-likeness (QED) is 0.786. The minimum atomic E-state index is -0.0417. The van der Waals surface area contributed by atoms with E-state index in [1.54, 1.807) is 16.0 Å². The standard InChI is InChI=1S/C9H11N3S/c1-12-5-8(4-11-12)9(10)7-2-3-13-6-7/h2-6,9H,10H2,1H3. The summed E-state index contributed by atoms with van der Waals surface area (Å²) in [6.45, 7) is 0. The number of aryl methyl sites for hydroxylation is 1. The average molecular weight is 193 g/mol. The predicted molar refractivity (Wildman–Crippen MR) is 53.6 cm³/mol. The molecular weight excluding hydrogens is 182 g/mol. The van der Waals surface area contributed by atoms with Crippen LogP contribution in [0.15, 0.2) is 29.2 Å². The fourth-order valence-electron chi connectivity index (χ4n) is 1.25. The Balaban J connectivity index is 2.28. The van der Waals surface area contributed by atoms with E-state index < -0.39 is 0 Å². The predicted octanol–water partition coefficient (Wildman–Crippen LogP) is 1.53. The molecule has 1 unspecified atom stereocenters. The van der Waals surface area contributed by atoms with Crippen molar-refractivity contribution in [3.8, 4) is 0 Å². The van der Waals surface area contributed by atoms with Crippen molar-refractivity contribution in [3.05, 3.63) is 40.3 Å². The zero-order valence-electron chi connectivity index (χ0n) is 7.34. The highest BCUT2D eigenvalue weighted by atomic mass is 32.1. The lowest BCUT2D eigenvalue weighted by Gasteiger charge is -2.05. The summed E-state index contributed by atoms with van der Waals surface area (Å²) in [5.74, 6) is 0. The Morgan fingerprint density at radius 1 is 1.54 bits per heavy atom. The number of hydrogen-bond acceptors (Lipinski definition) is 3. The van der Waals surface area contributed by atoms with Crippen LogP contribution >= 0.6 is 11.3 Å². The topological polar surface area (TPSA) is 43.8 Å². The van der Waals surface area contributed by atoms with Gasteiger partial charge in [-0.3, -0.25) is 4.68 Å². The summed E-state index contributed by atoms with van der Waals surface area (Å²) in [6, 6.07) is 2.00. The Labute approximate surface area is 80.8 Å². The zero-order valence-corrected chi connectivity index (χ0v) is 8.16. The Kier molecular flexibility index (Phi) is 2.16. The van der Waals surface area contributed by atoms with Gasteiger partial charge >= 0.3 is 0 Å². The van der Waals surface area contributed by atoms with Gasteiger partial charge in [0.25, 0.3) is 0 Å². The monoisotopic (exact) mass is 193 g/mol. The molecule has 2 aromatic rings. The molecule has 0 fully saturated rings. The van der Waals surface area contributed by atoms with Crippen LogP contribution in [-0.4, -0.2) is 9.78 Å². The van der Waals surface area contributed by atoms with E-state index in [4.69, 9.17) is 5.73 Å². The summed E-state index contributed by atoms with van der Waals surface area (Å²) in [5.41, 5.74) is 8.23. The first kappa shape index (κ1) is 8.47. The molecule has 3 nitrogen and oxygen atoms in total. The van der Waals surface area contributed by atoms with Gasteiger partial charge in [0.1, 0.15) is 0 Å². The zero-order chi connectivity index (χ0) is 9.26. The van der Waals surface area contributed by atoms with Gasteiger partial charge < -0.3 is 5.73 Å². The molecule has 0 spiro atoms. The van der Waals surface area contributed by atoms with Crippen LogP contribution in [0.4, 0.5) is 0 Å². The first-order valence-electron chi connectivity index (χ1n) is 4.03. The molecule has 4 heteroatoms. The van der Waals surface area contributed by atoms with E-state index in [-0.39, 0.29) is 6.04 Å². The van der Waals surface area contributed by atoms with E-state index >= 15 is 0 Å². The highest BCUT2D eigenvalue weighted by Gasteiger charge is 2.10. The second-order valence-electron chi connectivity index (χ2n) is 2.98. The number of aromatic nitrogens is 2. The van der Waals surface area contributed by atoms with Crippen LogP contribution in [0, 0.1) is 0 Å². The molecule has 0 aliphatic carbocycles. The summed E-state index contributed by atoms with van der Waals surface area (Å²) in [4.78, 5) is 0. The molecule has 0 amide bonds. The second-order valence-corrected chi connectivity index (χ2v) is 3.76.